The summed E-state index contributed by atoms with van der Waals surface area (Å²) < 4.78 is 19.2. The monoisotopic (exact) mass is 282 g/mol. The Morgan fingerprint density at radius 1 is 0.952 bits per heavy atom. The van der Waals surface area contributed by atoms with Crippen LogP contribution in [0.4, 0.5) is 4.39 Å². The first-order chi connectivity index (χ1) is 10.2. The zero-order valence-electron chi connectivity index (χ0n) is 11.6. The summed E-state index contributed by atoms with van der Waals surface area (Å²) in [4.78, 5) is 0. The smallest absolute Gasteiger partial charge is 0.133 e. The third-order valence-corrected chi connectivity index (χ3v) is 3.60. The highest BCUT2D eigenvalue weighted by atomic mass is 19.1. The molecule has 1 unspecified atom stereocenters. The molecule has 2 nitrogen and oxygen atoms in total. The molecule has 0 fully saturated rings. The van der Waals surface area contributed by atoms with E-state index in [2.05, 4.69) is 0 Å². The molecule has 3 rings (SSSR count). The Bertz CT molecular complexity index is 783. The van der Waals surface area contributed by atoms with Gasteiger partial charge < -0.3 is 9.84 Å². The minimum atomic E-state index is -1.06. The van der Waals surface area contributed by atoms with E-state index in [0.717, 1.165) is 10.8 Å². The summed E-state index contributed by atoms with van der Waals surface area (Å²) >= 11 is 0. The van der Waals surface area contributed by atoms with Gasteiger partial charge in [0.1, 0.15) is 17.7 Å². The van der Waals surface area contributed by atoms with Crippen molar-refractivity contribution in [3.8, 4) is 5.75 Å². The minimum absolute atomic E-state index is 0.162. The van der Waals surface area contributed by atoms with Crippen molar-refractivity contribution in [3.63, 3.8) is 0 Å². The van der Waals surface area contributed by atoms with Gasteiger partial charge in [0, 0.05) is 0 Å². The first-order valence-corrected chi connectivity index (χ1v) is 6.70. The fourth-order valence-electron chi connectivity index (χ4n) is 2.51. The lowest BCUT2D eigenvalue weighted by molar-refractivity contribution is 0.209. The van der Waals surface area contributed by atoms with Crippen LogP contribution in [-0.4, -0.2) is 12.2 Å². The summed E-state index contributed by atoms with van der Waals surface area (Å²) in [6, 6.07) is 18.0. The number of aliphatic hydroxyl groups is 1. The van der Waals surface area contributed by atoms with Crippen LogP contribution in [0, 0.1) is 5.82 Å². The summed E-state index contributed by atoms with van der Waals surface area (Å²) in [5.41, 5.74) is 0.799. The second-order valence-electron chi connectivity index (χ2n) is 4.86. The number of ether oxygens (including phenoxy) is 1. The number of methoxy groups -OCH3 is 1. The van der Waals surface area contributed by atoms with Crippen LogP contribution in [0.5, 0.6) is 5.75 Å². The number of halogens is 1. The standard InChI is InChI=1S/C18H15FO2/c1-21-16-8-4-7-15(19)17(16)18(20)14-10-9-12-5-2-3-6-13(12)11-14/h2-11,18,20H,1H3. The van der Waals surface area contributed by atoms with E-state index >= 15 is 0 Å². The molecule has 0 saturated heterocycles. The van der Waals surface area contributed by atoms with Crippen molar-refractivity contribution in [2.24, 2.45) is 0 Å². The van der Waals surface area contributed by atoms with Crippen molar-refractivity contribution in [1.82, 2.24) is 0 Å². The molecule has 3 aromatic rings. The van der Waals surface area contributed by atoms with Crippen molar-refractivity contribution in [3.05, 3.63) is 77.6 Å². The average molecular weight is 282 g/mol. The topological polar surface area (TPSA) is 29.5 Å². The quantitative estimate of drug-likeness (QED) is 0.784. The van der Waals surface area contributed by atoms with Crippen LogP contribution in [0.3, 0.4) is 0 Å². The molecule has 0 aliphatic rings. The lowest BCUT2D eigenvalue weighted by Gasteiger charge is -2.16. The molecular weight excluding hydrogens is 267 g/mol. The van der Waals surface area contributed by atoms with Gasteiger partial charge >= 0.3 is 0 Å². The maximum absolute atomic E-state index is 14.0. The highest BCUT2D eigenvalue weighted by Gasteiger charge is 2.20. The number of fused-ring (bicyclic) bond motifs is 1. The predicted octanol–water partition coefficient (Wildman–Crippen LogP) is 4.07. The Labute approximate surface area is 122 Å². The Morgan fingerprint density at radius 2 is 1.71 bits per heavy atom. The number of rotatable bonds is 3. The number of hydrogen-bond donors (Lipinski definition) is 1. The Morgan fingerprint density at radius 3 is 2.48 bits per heavy atom. The second kappa shape index (κ2) is 5.54. The molecule has 0 aliphatic carbocycles. The van der Waals surface area contributed by atoms with Gasteiger partial charge in [0.15, 0.2) is 0 Å². The zero-order chi connectivity index (χ0) is 14.8. The van der Waals surface area contributed by atoms with Gasteiger partial charge in [-0.15, -0.1) is 0 Å². The number of hydrogen-bond acceptors (Lipinski definition) is 2. The summed E-state index contributed by atoms with van der Waals surface area (Å²) in [5.74, 6) is -0.134. The first-order valence-electron chi connectivity index (χ1n) is 6.70. The SMILES string of the molecule is COc1cccc(F)c1C(O)c1ccc2ccccc2c1. The highest BCUT2D eigenvalue weighted by molar-refractivity contribution is 5.83. The van der Waals surface area contributed by atoms with Crippen LogP contribution in [0.15, 0.2) is 60.7 Å². The van der Waals surface area contributed by atoms with Gasteiger partial charge in [-0.3, -0.25) is 0 Å². The molecule has 0 radical (unpaired) electrons. The van der Waals surface area contributed by atoms with Crippen LogP contribution in [0.2, 0.25) is 0 Å². The number of benzene rings is 3. The second-order valence-corrected chi connectivity index (χ2v) is 4.86. The molecule has 106 valence electrons. The normalized spacial score (nSPS) is 12.3. The zero-order valence-corrected chi connectivity index (χ0v) is 11.6. The van der Waals surface area contributed by atoms with E-state index in [-0.39, 0.29) is 5.56 Å². The van der Waals surface area contributed by atoms with Crippen LogP contribution in [0.25, 0.3) is 10.8 Å². The summed E-state index contributed by atoms with van der Waals surface area (Å²) in [5, 5.41) is 12.6. The maximum Gasteiger partial charge on any atom is 0.133 e. The molecule has 0 bridgehead atoms. The Hall–Kier alpha value is -2.39. The minimum Gasteiger partial charge on any atom is -0.496 e. The van der Waals surface area contributed by atoms with Crippen LogP contribution >= 0.6 is 0 Å². The molecule has 1 N–H and O–H groups in total. The Balaban J connectivity index is 2.10. The van der Waals surface area contributed by atoms with E-state index in [9.17, 15) is 9.50 Å². The van der Waals surface area contributed by atoms with E-state index in [1.807, 2.05) is 36.4 Å². The lowest BCUT2D eigenvalue weighted by atomic mass is 9.97. The molecule has 1 atom stereocenters. The van der Waals surface area contributed by atoms with Gasteiger partial charge in [-0.2, -0.15) is 0 Å². The lowest BCUT2D eigenvalue weighted by Crippen LogP contribution is -2.05. The van der Waals surface area contributed by atoms with E-state index in [4.69, 9.17) is 4.74 Å². The van der Waals surface area contributed by atoms with E-state index < -0.39 is 11.9 Å². The van der Waals surface area contributed by atoms with Gasteiger partial charge in [0.25, 0.3) is 0 Å². The van der Waals surface area contributed by atoms with E-state index in [1.165, 1.54) is 13.2 Å². The molecule has 0 spiro atoms. The molecule has 3 aromatic carbocycles. The molecule has 0 aromatic heterocycles. The average Bonchev–Trinajstić information content (AvgIpc) is 2.53. The van der Waals surface area contributed by atoms with Gasteiger partial charge in [0.05, 0.1) is 12.7 Å². The van der Waals surface area contributed by atoms with E-state index in [0.29, 0.717) is 11.3 Å². The van der Waals surface area contributed by atoms with Crippen molar-refractivity contribution >= 4 is 10.8 Å². The van der Waals surface area contributed by atoms with Crippen molar-refractivity contribution in [2.45, 2.75) is 6.10 Å². The molecule has 0 saturated carbocycles. The summed E-state index contributed by atoms with van der Waals surface area (Å²) in [6.07, 6.45) is -1.06. The maximum atomic E-state index is 14.0. The van der Waals surface area contributed by atoms with Crippen LogP contribution in [0.1, 0.15) is 17.2 Å². The molecule has 3 heteroatoms. The van der Waals surface area contributed by atoms with Gasteiger partial charge in [0.2, 0.25) is 0 Å². The van der Waals surface area contributed by atoms with Gasteiger partial charge in [-0.05, 0) is 34.5 Å². The van der Waals surface area contributed by atoms with Gasteiger partial charge in [-0.25, -0.2) is 4.39 Å². The van der Waals surface area contributed by atoms with Crippen LogP contribution in [-0.2, 0) is 0 Å². The molecule has 0 heterocycles. The summed E-state index contributed by atoms with van der Waals surface area (Å²) in [7, 11) is 1.46. The largest absolute Gasteiger partial charge is 0.496 e. The third-order valence-electron chi connectivity index (χ3n) is 3.60. The highest BCUT2D eigenvalue weighted by Crippen LogP contribution is 2.33. The van der Waals surface area contributed by atoms with Crippen molar-refractivity contribution < 1.29 is 14.2 Å². The predicted molar refractivity (Wildman–Crippen MR) is 81.0 cm³/mol. The number of aliphatic hydroxyl groups excluding tert-OH is 1. The van der Waals surface area contributed by atoms with Gasteiger partial charge in [-0.1, -0.05) is 42.5 Å². The first kappa shape index (κ1) is 13.6. The van der Waals surface area contributed by atoms with E-state index in [1.54, 1.807) is 18.2 Å². The fourth-order valence-corrected chi connectivity index (χ4v) is 2.51. The molecule has 0 aliphatic heterocycles. The molecular formula is C18H15FO2. The van der Waals surface area contributed by atoms with Crippen LogP contribution < -0.4 is 4.74 Å². The fraction of sp³-hybridized carbons (Fsp3) is 0.111. The van der Waals surface area contributed by atoms with Crippen molar-refractivity contribution in [2.75, 3.05) is 7.11 Å². The summed E-state index contributed by atoms with van der Waals surface area (Å²) in [6.45, 7) is 0. The van der Waals surface area contributed by atoms with Crippen molar-refractivity contribution in [1.29, 1.82) is 0 Å². The Kier molecular flexibility index (Phi) is 3.59. The molecule has 21 heavy (non-hydrogen) atoms. The molecule has 0 amide bonds. The third kappa shape index (κ3) is 2.48.